The van der Waals surface area contributed by atoms with Gasteiger partial charge in [0.2, 0.25) is 0 Å². The summed E-state index contributed by atoms with van der Waals surface area (Å²) in [6, 6.07) is 6.39. The predicted molar refractivity (Wildman–Crippen MR) is 74.5 cm³/mol. The van der Waals surface area contributed by atoms with Gasteiger partial charge < -0.3 is 15.5 Å². The molecule has 0 radical (unpaired) electrons. The third-order valence-corrected chi connectivity index (χ3v) is 4.42. The molecule has 0 aromatic heterocycles. The van der Waals surface area contributed by atoms with E-state index in [0.717, 1.165) is 43.2 Å². The molecule has 1 aliphatic carbocycles. The van der Waals surface area contributed by atoms with Gasteiger partial charge >= 0.3 is 0 Å². The lowest BCUT2D eigenvalue weighted by Crippen LogP contribution is -2.53. The number of fused-ring (bicyclic) bond motifs is 3. The molecule has 4 heteroatoms. The first-order valence-electron chi connectivity index (χ1n) is 7.25. The summed E-state index contributed by atoms with van der Waals surface area (Å²) in [5.74, 6) is 0.819. The van der Waals surface area contributed by atoms with Crippen LogP contribution in [0.4, 0.5) is 5.69 Å². The summed E-state index contributed by atoms with van der Waals surface area (Å²) in [7, 11) is 0. The van der Waals surface area contributed by atoms with Crippen molar-refractivity contribution in [3.05, 3.63) is 29.3 Å². The van der Waals surface area contributed by atoms with E-state index in [2.05, 4.69) is 27.7 Å². The van der Waals surface area contributed by atoms with E-state index in [4.69, 9.17) is 0 Å². The number of carbonyl (C=O) groups is 1. The lowest BCUT2D eigenvalue weighted by Gasteiger charge is -2.37. The number of hydrogen-bond donors (Lipinski definition) is 2. The molecule has 2 N–H and O–H groups in total. The highest BCUT2D eigenvalue weighted by molar-refractivity contribution is 6.02. The average molecular weight is 257 g/mol. The Kier molecular flexibility index (Phi) is 2.52. The van der Waals surface area contributed by atoms with Gasteiger partial charge in [0, 0.05) is 13.1 Å². The minimum atomic E-state index is 0.0838. The van der Waals surface area contributed by atoms with E-state index in [1.54, 1.807) is 0 Å². The van der Waals surface area contributed by atoms with Crippen LogP contribution in [0, 0.1) is 0 Å². The van der Waals surface area contributed by atoms with Crippen LogP contribution in [-0.2, 0) is 0 Å². The molecule has 19 heavy (non-hydrogen) atoms. The lowest BCUT2D eigenvalue weighted by atomic mass is 10.0. The standard InChI is InChI=1S/C15H19N3O/c19-15-12-4-3-11(10-1-2-10)9-13(12)18-8-7-16-6-5-14(18)17-15/h3-4,9-10,14,16H,1-2,5-8H2,(H,17,19)/t14-/m1/s1. The SMILES string of the molecule is O=C1N[C@H]2CCNCCN2c2cc(C3CC3)ccc21. The van der Waals surface area contributed by atoms with E-state index in [9.17, 15) is 4.79 Å². The Morgan fingerprint density at radius 2 is 2.05 bits per heavy atom. The summed E-state index contributed by atoms with van der Waals surface area (Å²) in [6.07, 6.45) is 3.73. The largest absolute Gasteiger partial charge is 0.349 e. The van der Waals surface area contributed by atoms with Gasteiger partial charge in [-0.25, -0.2) is 0 Å². The molecule has 3 aliphatic rings. The summed E-state index contributed by atoms with van der Waals surface area (Å²) in [6.45, 7) is 2.92. The Morgan fingerprint density at radius 1 is 1.16 bits per heavy atom. The van der Waals surface area contributed by atoms with E-state index in [1.165, 1.54) is 18.4 Å². The molecule has 1 aromatic rings. The van der Waals surface area contributed by atoms with Gasteiger partial charge in [-0.1, -0.05) is 6.07 Å². The van der Waals surface area contributed by atoms with Crippen molar-refractivity contribution in [1.82, 2.24) is 10.6 Å². The molecular weight excluding hydrogens is 238 g/mol. The van der Waals surface area contributed by atoms with Crippen molar-refractivity contribution >= 4 is 11.6 Å². The van der Waals surface area contributed by atoms with Gasteiger partial charge in [-0.3, -0.25) is 4.79 Å². The fourth-order valence-corrected chi connectivity index (χ4v) is 3.19. The zero-order chi connectivity index (χ0) is 12.8. The Balaban J connectivity index is 1.77. The van der Waals surface area contributed by atoms with Gasteiger partial charge in [0.25, 0.3) is 5.91 Å². The molecule has 1 atom stereocenters. The van der Waals surface area contributed by atoms with Crippen LogP contribution in [0.25, 0.3) is 0 Å². The van der Waals surface area contributed by atoms with Crippen molar-refractivity contribution in [3.8, 4) is 0 Å². The maximum absolute atomic E-state index is 12.2. The number of anilines is 1. The Hall–Kier alpha value is -1.55. The third kappa shape index (κ3) is 1.91. The number of hydrogen-bond acceptors (Lipinski definition) is 3. The van der Waals surface area contributed by atoms with Crippen molar-refractivity contribution in [1.29, 1.82) is 0 Å². The lowest BCUT2D eigenvalue weighted by molar-refractivity contribution is 0.0926. The molecular formula is C15H19N3O. The topological polar surface area (TPSA) is 44.4 Å². The minimum absolute atomic E-state index is 0.0838. The Labute approximate surface area is 113 Å². The van der Waals surface area contributed by atoms with Crippen molar-refractivity contribution in [2.24, 2.45) is 0 Å². The Morgan fingerprint density at radius 3 is 2.89 bits per heavy atom. The first kappa shape index (κ1) is 11.3. The second-order valence-electron chi connectivity index (χ2n) is 5.77. The molecule has 2 fully saturated rings. The monoisotopic (exact) mass is 257 g/mol. The molecule has 4 rings (SSSR count). The van der Waals surface area contributed by atoms with Gasteiger partial charge in [-0.2, -0.15) is 0 Å². The summed E-state index contributed by atoms with van der Waals surface area (Å²) in [4.78, 5) is 14.6. The van der Waals surface area contributed by atoms with E-state index in [-0.39, 0.29) is 12.1 Å². The summed E-state index contributed by atoms with van der Waals surface area (Å²) in [5, 5.41) is 6.53. The van der Waals surface area contributed by atoms with Crippen LogP contribution < -0.4 is 15.5 Å². The number of amides is 1. The predicted octanol–water partition coefficient (Wildman–Crippen LogP) is 1.43. The molecule has 1 saturated carbocycles. The Bertz CT molecular complexity index is 524. The number of carbonyl (C=O) groups excluding carboxylic acids is 1. The quantitative estimate of drug-likeness (QED) is 0.800. The molecule has 0 unspecified atom stereocenters. The van der Waals surface area contributed by atoms with Crippen LogP contribution in [0.1, 0.15) is 41.1 Å². The fraction of sp³-hybridized carbons (Fsp3) is 0.533. The number of nitrogens with one attached hydrogen (secondary N) is 2. The molecule has 1 amide bonds. The molecule has 0 spiro atoms. The number of nitrogens with zero attached hydrogens (tertiary/aromatic N) is 1. The smallest absolute Gasteiger partial charge is 0.254 e. The van der Waals surface area contributed by atoms with Crippen LogP contribution in [0.3, 0.4) is 0 Å². The van der Waals surface area contributed by atoms with Gasteiger partial charge in [0.05, 0.1) is 11.3 Å². The van der Waals surface area contributed by atoms with E-state index < -0.39 is 0 Å². The summed E-state index contributed by atoms with van der Waals surface area (Å²) < 4.78 is 0. The zero-order valence-electron chi connectivity index (χ0n) is 11.0. The number of rotatable bonds is 1. The second-order valence-corrected chi connectivity index (χ2v) is 5.77. The van der Waals surface area contributed by atoms with Crippen molar-refractivity contribution in [2.75, 3.05) is 24.5 Å². The van der Waals surface area contributed by atoms with Crippen molar-refractivity contribution in [3.63, 3.8) is 0 Å². The highest BCUT2D eigenvalue weighted by Crippen LogP contribution is 2.42. The maximum Gasteiger partial charge on any atom is 0.254 e. The van der Waals surface area contributed by atoms with Crippen LogP contribution in [-0.4, -0.2) is 31.7 Å². The van der Waals surface area contributed by atoms with Crippen LogP contribution in [0.2, 0.25) is 0 Å². The van der Waals surface area contributed by atoms with Crippen LogP contribution in [0.5, 0.6) is 0 Å². The maximum atomic E-state index is 12.2. The number of benzene rings is 1. The highest BCUT2D eigenvalue weighted by atomic mass is 16.2. The first-order valence-corrected chi connectivity index (χ1v) is 7.25. The van der Waals surface area contributed by atoms with Gasteiger partial charge in [0.15, 0.2) is 0 Å². The summed E-state index contributed by atoms with van der Waals surface area (Å²) in [5.41, 5.74) is 3.38. The average Bonchev–Trinajstić information content (AvgIpc) is 3.25. The van der Waals surface area contributed by atoms with Crippen molar-refractivity contribution < 1.29 is 4.79 Å². The van der Waals surface area contributed by atoms with E-state index in [0.29, 0.717) is 0 Å². The first-order chi connectivity index (χ1) is 9.33. The van der Waals surface area contributed by atoms with Gasteiger partial charge in [-0.05, 0) is 49.4 Å². The van der Waals surface area contributed by atoms with Crippen molar-refractivity contribution in [2.45, 2.75) is 31.3 Å². The fourth-order valence-electron chi connectivity index (χ4n) is 3.19. The molecule has 4 nitrogen and oxygen atoms in total. The molecule has 2 heterocycles. The molecule has 1 aromatic carbocycles. The van der Waals surface area contributed by atoms with Crippen LogP contribution in [0.15, 0.2) is 18.2 Å². The van der Waals surface area contributed by atoms with Crippen LogP contribution >= 0.6 is 0 Å². The summed E-state index contributed by atoms with van der Waals surface area (Å²) >= 11 is 0. The van der Waals surface area contributed by atoms with Gasteiger partial charge in [-0.15, -0.1) is 0 Å². The molecule has 1 saturated heterocycles. The highest BCUT2D eigenvalue weighted by Gasteiger charge is 2.33. The van der Waals surface area contributed by atoms with E-state index in [1.807, 2.05) is 6.07 Å². The second kappa shape index (κ2) is 4.23. The molecule has 0 bridgehead atoms. The van der Waals surface area contributed by atoms with E-state index >= 15 is 0 Å². The normalized spacial score (nSPS) is 26.2. The molecule has 100 valence electrons. The third-order valence-electron chi connectivity index (χ3n) is 4.42. The van der Waals surface area contributed by atoms with Gasteiger partial charge in [0.1, 0.15) is 6.17 Å². The minimum Gasteiger partial charge on any atom is -0.349 e. The molecule has 2 aliphatic heterocycles. The zero-order valence-corrected chi connectivity index (χ0v) is 11.0.